The van der Waals surface area contributed by atoms with E-state index in [0.29, 0.717) is 12.2 Å². The molecule has 1 unspecified atom stereocenters. The number of hydrogen-bond donors (Lipinski definition) is 1. The van der Waals surface area contributed by atoms with Gasteiger partial charge in [-0.2, -0.15) is 0 Å². The predicted molar refractivity (Wildman–Crippen MR) is 140 cm³/mol. The normalized spacial score (nSPS) is 12.3. The zero-order valence-corrected chi connectivity index (χ0v) is 22.9. The number of halogens is 2. The monoisotopic (exact) mass is 569 g/mol. The summed E-state index contributed by atoms with van der Waals surface area (Å²) in [6.07, 6.45) is 1.35. The van der Waals surface area contributed by atoms with Crippen molar-refractivity contribution in [1.29, 1.82) is 0 Å². The Morgan fingerprint density at radius 2 is 1.63 bits per heavy atom. The van der Waals surface area contributed by atoms with Crippen LogP contribution in [-0.2, 0) is 26.2 Å². The fourth-order valence-electron chi connectivity index (χ4n) is 3.43. The standard InChI is InChI=1S/C25H33BrFN3O4S/c1-18(2)16-28-25(32)19(3)29(17-20-7-9-21(26)10-8-20)24(31)6-5-15-30(35(4,33)34)23-13-11-22(27)12-14-23/h7-14,18-19H,5-6,15-17H2,1-4H3,(H,28,32). The van der Waals surface area contributed by atoms with E-state index < -0.39 is 21.9 Å². The number of hydrogen-bond acceptors (Lipinski definition) is 4. The summed E-state index contributed by atoms with van der Waals surface area (Å²) in [5.41, 5.74) is 1.20. The van der Waals surface area contributed by atoms with E-state index in [1.165, 1.54) is 29.2 Å². The van der Waals surface area contributed by atoms with Crippen molar-refractivity contribution in [3.63, 3.8) is 0 Å². The molecule has 2 aromatic rings. The number of rotatable bonds is 12. The van der Waals surface area contributed by atoms with E-state index in [1.54, 1.807) is 6.92 Å². The van der Waals surface area contributed by atoms with Crippen LogP contribution < -0.4 is 9.62 Å². The summed E-state index contributed by atoms with van der Waals surface area (Å²) in [7, 11) is -3.63. The molecule has 0 heterocycles. The fraction of sp³-hybridized carbons (Fsp3) is 0.440. The van der Waals surface area contributed by atoms with Gasteiger partial charge in [0.1, 0.15) is 11.9 Å². The summed E-state index contributed by atoms with van der Waals surface area (Å²) in [5.74, 6) is -0.693. The first-order chi connectivity index (χ1) is 16.4. The smallest absolute Gasteiger partial charge is 0.242 e. The minimum absolute atomic E-state index is 0.0472. The molecule has 2 amide bonds. The van der Waals surface area contributed by atoms with Gasteiger partial charge in [-0.05, 0) is 61.2 Å². The minimum Gasteiger partial charge on any atom is -0.354 e. The second-order valence-electron chi connectivity index (χ2n) is 8.88. The Morgan fingerprint density at radius 1 is 1.03 bits per heavy atom. The molecule has 0 spiro atoms. The van der Waals surface area contributed by atoms with Crippen molar-refractivity contribution < 1.29 is 22.4 Å². The maximum absolute atomic E-state index is 13.3. The third-order valence-electron chi connectivity index (χ3n) is 5.38. The minimum atomic E-state index is -3.63. The molecule has 0 fully saturated rings. The molecule has 192 valence electrons. The predicted octanol–water partition coefficient (Wildman–Crippen LogP) is 4.32. The summed E-state index contributed by atoms with van der Waals surface area (Å²) in [6, 6.07) is 12.0. The molecule has 0 saturated heterocycles. The lowest BCUT2D eigenvalue weighted by molar-refractivity contribution is -0.140. The van der Waals surface area contributed by atoms with E-state index in [9.17, 15) is 22.4 Å². The molecular weight excluding hydrogens is 537 g/mol. The number of carbonyl (C=O) groups excluding carboxylic acids is 2. The van der Waals surface area contributed by atoms with Crippen molar-refractivity contribution in [3.05, 3.63) is 64.4 Å². The van der Waals surface area contributed by atoms with Crippen molar-refractivity contribution in [1.82, 2.24) is 10.2 Å². The third-order valence-corrected chi connectivity index (χ3v) is 7.11. The van der Waals surface area contributed by atoms with E-state index in [1.807, 2.05) is 38.1 Å². The van der Waals surface area contributed by atoms with Crippen molar-refractivity contribution in [3.8, 4) is 0 Å². The molecule has 10 heteroatoms. The Hall–Kier alpha value is -2.46. The van der Waals surface area contributed by atoms with E-state index in [-0.39, 0.29) is 43.7 Å². The highest BCUT2D eigenvalue weighted by atomic mass is 79.9. The zero-order valence-electron chi connectivity index (χ0n) is 20.5. The molecular formula is C25H33BrFN3O4S. The number of amides is 2. The number of sulfonamides is 1. The van der Waals surface area contributed by atoms with Gasteiger partial charge in [-0.25, -0.2) is 12.8 Å². The van der Waals surface area contributed by atoms with E-state index in [0.717, 1.165) is 20.6 Å². The van der Waals surface area contributed by atoms with Gasteiger partial charge >= 0.3 is 0 Å². The van der Waals surface area contributed by atoms with Crippen molar-refractivity contribution in [2.45, 2.75) is 46.2 Å². The van der Waals surface area contributed by atoms with Crippen molar-refractivity contribution in [2.24, 2.45) is 5.92 Å². The number of nitrogens with zero attached hydrogens (tertiary/aromatic N) is 2. The molecule has 1 atom stereocenters. The number of carbonyl (C=O) groups is 2. The molecule has 0 bridgehead atoms. The molecule has 0 aliphatic rings. The van der Waals surface area contributed by atoms with Gasteiger partial charge in [0.15, 0.2) is 0 Å². The van der Waals surface area contributed by atoms with Crippen LogP contribution in [0.4, 0.5) is 10.1 Å². The first-order valence-electron chi connectivity index (χ1n) is 11.4. The second-order valence-corrected chi connectivity index (χ2v) is 11.7. The van der Waals surface area contributed by atoms with Gasteiger partial charge < -0.3 is 10.2 Å². The molecule has 0 aromatic heterocycles. The average molecular weight is 571 g/mol. The highest BCUT2D eigenvalue weighted by molar-refractivity contribution is 9.10. The van der Waals surface area contributed by atoms with Crippen molar-refractivity contribution in [2.75, 3.05) is 23.7 Å². The number of benzene rings is 2. The van der Waals surface area contributed by atoms with Crippen LogP contribution in [-0.4, -0.2) is 50.5 Å². The largest absolute Gasteiger partial charge is 0.354 e. The molecule has 2 aromatic carbocycles. The lowest BCUT2D eigenvalue weighted by atomic mass is 10.1. The van der Waals surface area contributed by atoms with Gasteiger partial charge in [0, 0.05) is 30.5 Å². The summed E-state index contributed by atoms with van der Waals surface area (Å²) in [5, 5.41) is 2.87. The Balaban J connectivity index is 2.14. The molecule has 0 saturated carbocycles. The topological polar surface area (TPSA) is 86.8 Å². The Kier molecular flexibility index (Phi) is 10.7. The van der Waals surface area contributed by atoms with Gasteiger partial charge in [-0.15, -0.1) is 0 Å². The fourth-order valence-corrected chi connectivity index (χ4v) is 4.66. The highest BCUT2D eigenvalue weighted by Gasteiger charge is 2.26. The van der Waals surface area contributed by atoms with Crippen LogP contribution >= 0.6 is 15.9 Å². The zero-order chi connectivity index (χ0) is 26.2. The average Bonchev–Trinajstić information content (AvgIpc) is 2.79. The van der Waals surface area contributed by atoms with Gasteiger partial charge in [0.2, 0.25) is 21.8 Å². The summed E-state index contributed by atoms with van der Waals surface area (Å²) in [4.78, 5) is 27.5. The lowest BCUT2D eigenvalue weighted by Gasteiger charge is -2.29. The highest BCUT2D eigenvalue weighted by Crippen LogP contribution is 2.20. The summed E-state index contributed by atoms with van der Waals surface area (Å²) in [6.45, 7) is 6.47. The SMILES string of the molecule is CC(C)CNC(=O)C(C)N(Cc1ccc(Br)cc1)C(=O)CCCN(c1ccc(F)cc1)S(C)(=O)=O. The number of anilines is 1. The molecule has 0 aliphatic heterocycles. The van der Waals surface area contributed by atoms with Crippen LogP contribution in [0.1, 0.15) is 39.2 Å². The first-order valence-corrected chi connectivity index (χ1v) is 14.1. The molecule has 35 heavy (non-hydrogen) atoms. The molecule has 7 nitrogen and oxygen atoms in total. The maximum atomic E-state index is 13.3. The van der Waals surface area contributed by atoms with Crippen molar-refractivity contribution >= 4 is 43.5 Å². The molecule has 1 N–H and O–H groups in total. The number of nitrogens with one attached hydrogen (secondary N) is 1. The van der Waals surface area contributed by atoms with Crippen LogP contribution in [0.3, 0.4) is 0 Å². The van der Waals surface area contributed by atoms with Gasteiger partial charge in [-0.1, -0.05) is 41.9 Å². The molecule has 2 rings (SSSR count). The van der Waals surface area contributed by atoms with Gasteiger partial charge in [-0.3, -0.25) is 13.9 Å². The van der Waals surface area contributed by atoms with Crippen LogP contribution in [0, 0.1) is 11.7 Å². The molecule has 0 radical (unpaired) electrons. The van der Waals surface area contributed by atoms with Gasteiger partial charge in [0.05, 0.1) is 11.9 Å². The quantitative estimate of drug-likeness (QED) is 0.412. The summed E-state index contributed by atoms with van der Waals surface area (Å²) < 4.78 is 39.9. The van der Waals surface area contributed by atoms with Crippen LogP contribution in [0.2, 0.25) is 0 Å². The Morgan fingerprint density at radius 3 is 2.17 bits per heavy atom. The Labute approximate surface area is 215 Å². The Bertz CT molecular complexity index is 1090. The van der Waals surface area contributed by atoms with E-state index >= 15 is 0 Å². The first kappa shape index (κ1) is 28.8. The van der Waals surface area contributed by atoms with Gasteiger partial charge in [0.25, 0.3) is 0 Å². The summed E-state index contributed by atoms with van der Waals surface area (Å²) >= 11 is 3.39. The maximum Gasteiger partial charge on any atom is 0.242 e. The van der Waals surface area contributed by atoms with Crippen LogP contribution in [0.15, 0.2) is 53.0 Å². The second kappa shape index (κ2) is 13.0. The van der Waals surface area contributed by atoms with E-state index in [2.05, 4.69) is 21.2 Å². The van der Waals surface area contributed by atoms with Crippen LogP contribution in [0.5, 0.6) is 0 Å². The van der Waals surface area contributed by atoms with E-state index in [4.69, 9.17) is 0 Å². The lowest BCUT2D eigenvalue weighted by Crippen LogP contribution is -2.48. The third kappa shape index (κ3) is 9.25. The van der Waals surface area contributed by atoms with Crippen LogP contribution in [0.25, 0.3) is 0 Å². The molecule has 0 aliphatic carbocycles.